The maximum Gasteiger partial charge on any atom is 0.240 e. The first-order valence-corrected chi connectivity index (χ1v) is 6.46. The molecule has 0 saturated carbocycles. The van der Waals surface area contributed by atoms with Gasteiger partial charge in [-0.2, -0.15) is 5.26 Å². The van der Waals surface area contributed by atoms with Crippen molar-refractivity contribution < 1.29 is 4.79 Å². The Hall–Kier alpha value is -1.12. The topological polar surface area (TPSA) is 50.6 Å². The molecule has 5 nitrogen and oxygen atoms in total. The fourth-order valence-electron chi connectivity index (χ4n) is 2.43. The summed E-state index contributed by atoms with van der Waals surface area (Å²) in [6, 6.07) is 1.87. The standard InChI is InChI=1S/C13H24N4O/c1-11-9-16(4)13(18)12(5-6-14)17(10-11)8-7-15(2)3/h11-12H,5,7-10H2,1-4H3. The number of hydrogen-bond donors (Lipinski definition) is 0. The van der Waals surface area contributed by atoms with Crippen molar-refractivity contribution in [3.63, 3.8) is 0 Å². The third-order valence-corrected chi connectivity index (χ3v) is 3.35. The van der Waals surface area contributed by atoms with Gasteiger partial charge in [-0.3, -0.25) is 9.69 Å². The van der Waals surface area contributed by atoms with E-state index >= 15 is 0 Å². The number of carbonyl (C=O) groups excluding carboxylic acids is 1. The van der Waals surface area contributed by atoms with Crippen molar-refractivity contribution in [2.24, 2.45) is 5.92 Å². The molecule has 0 aromatic rings. The highest BCUT2D eigenvalue weighted by Crippen LogP contribution is 2.16. The second-order valence-electron chi connectivity index (χ2n) is 5.50. The van der Waals surface area contributed by atoms with Crippen molar-refractivity contribution in [2.75, 3.05) is 47.3 Å². The van der Waals surface area contributed by atoms with Crippen LogP contribution in [0.5, 0.6) is 0 Å². The average Bonchev–Trinajstić information content (AvgIpc) is 2.38. The van der Waals surface area contributed by atoms with Crippen LogP contribution in [-0.2, 0) is 4.79 Å². The van der Waals surface area contributed by atoms with Crippen LogP contribution in [0.4, 0.5) is 0 Å². The van der Waals surface area contributed by atoms with Crippen molar-refractivity contribution in [1.29, 1.82) is 5.26 Å². The second-order valence-corrected chi connectivity index (χ2v) is 5.50. The van der Waals surface area contributed by atoms with Crippen LogP contribution in [0.3, 0.4) is 0 Å². The van der Waals surface area contributed by atoms with Crippen LogP contribution in [0.2, 0.25) is 0 Å². The molecule has 102 valence electrons. The SMILES string of the molecule is CC1CN(C)C(=O)C(CC#N)N(CCN(C)C)C1. The number of amides is 1. The van der Waals surface area contributed by atoms with Crippen LogP contribution in [0.25, 0.3) is 0 Å². The molecule has 2 atom stereocenters. The number of rotatable bonds is 4. The molecule has 1 heterocycles. The highest BCUT2D eigenvalue weighted by Gasteiger charge is 2.32. The molecule has 1 amide bonds. The van der Waals surface area contributed by atoms with Crippen LogP contribution in [-0.4, -0.2) is 74.0 Å². The molecule has 0 aromatic heterocycles. The zero-order valence-electron chi connectivity index (χ0n) is 11.9. The third kappa shape index (κ3) is 3.97. The van der Waals surface area contributed by atoms with Crippen molar-refractivity contribution in [2.45, 2.75) is 19.4 Å². The summed E-state index contributed by atoms with van der Waals surface area (Å²) in [7, 11) is 5.88. The van der Waals surface area contributed by atoms with E-state index in [1.54, 1.807) is 4.90 Å². The molecule has 5 heteroatoms. The average molecular weight is 252 g/mol. The van der Waals surface area contributed by atoms with Gasteiger partial charge >= 0.3 is 0 Å². The monoisotopic (exact) mass is 252 g/mol. The molecule has 1 rings (SSSR count). The Morgan fingerprint density at radius 2 is 2.11 bits per heavy atom. The van der Waals surface area contributed by atoms with Crippen molar-refractivity contribution in [1.82, 2.24) is 14.7 Å². The zero-order valence-corrected chi connectivity index (χ0v) is 11.9. The van der Waals surface area contributed by atoms with E-state index in [0.29, 0.717) is 5.92 Å². The normalized spacial score (nSPS) is 26.2. The molecule has 0 radical (unpaired) electrons. The highest BCUT2D eigenvalue weighted by molar-refractivity contribution is 5.82. The summed E-state index contributed by atoms with van der Waals surface area (Å²) in [5.41, 5.74) is 0. The van der Waals surface area contributed by atoms with Gasteiger partial charge < -0.3 is 9.80 Å². The van der Waals surface area contributed by atoms with Crippen LogP contribution >= 0.6 is 0 Å². The van der Waals surface area contributed by atoms with Gasteiger partial charge in [0.1, 0.15) is 6.04 Å². The van der Waals surface area contributed by atoms with Gasteiger partial charge in [-0.05, 0) is 20.0 Å². The summed E-state index contributed by atoms with van der Waals surface area (Å²) in [4.78, 5) is 18.3. The summed E-state index contributed by atoms with van der Waals surface area (Å²) >= 11 is 0. The Labute approximate surface area is 110 Å². The van der Waals surface area contributed by atoms with Gasteiger partial charge in [-0.25, -0.2) is 0 Å². The summed E-state index contributed by atoms with van der Waals surface area (Å²) in [6.45, 7) is 5.56. The third-order valence-electron chi connectivity index (χ3n) is 3.35. The lowest BCUT2D eigenvalue weighted by atomic mass is 10.1. The van der Waals surface area contributed by atoms with Crippen LogP contribution in [0, 0.1) is 17.2 Å². The predicted octanol–water partition coefficient (Wildman–Crippen LogP) is 0.240. The molecule has 2 unspecified atom stereocenters. The molecule has 0 aliphatic carbocycles. The van der Waals surface area contributed by atoms with E-state index in [2.05, 4.69) is 22.8 Å². The molecular weight excluding hydrogens is 228 g/mol. The van der Waals surface area contributed by atoms with E-state index in [9.17, 15) is 4.79 Å². The molecule has 0 spiro atoms. The van der Waals surface area contributed by atoms with Crippen LogP contribution in [0.15, 0.2) is 0 Å². The first-order chi connectivity index (χ1) is 8.45. The Kier molecular flexibility index (Phi) is 5.57. The molecular formula is C13H24N4O. The maximum absolute atomic E-state index is 12.3. The summed E-state index contributed by atoms with van der Waals surface area (Å²) in [5.74, 6) is 0.532. The van der Waals surface area contributed by atoms with E-state index < -0.39 is 0 Å². The van der Waals surface area contributed by atoms with Gasteiger partial charge in [0.05, 0.1) is 12.5 Å². The number of hydrogen-bond acceptors (Lipinski definition) is 4. The van der Waals surface area contributed by atoms with E-state index in [1.165, 1.54) is 0 Å². The second kappa shape index (κ2) is 6.72. The van der Waals surface area contributed by atoms with Gasteiger partial charge in [0, 0.05) is 33.2 Å². The molecule has 0 aromatic carbocycles. The minimum Gasteiger partial charge on any atom is -0.344 e. The lowest BCUT2D eigenvalue weighted by Gasteiger charge is -2.29. The number of carbonyl (C=O) groups is 1. The minimum atomic E-state index is -0.273. The Morgan fingerprint density at radius 3 is 2.67 bits per heavy atom. The van der Waals surface area contributed by atoms with Crippen molar-refractivity contribution >= 4 is 5.91 Å². The summed E-state index contributed by atoms with van der Waals surface area (Å²) in [5, 5.41) is 8.92. The Morgan fingerprint density at radius 1 is 1.44 bits per heavy atom. The first-order valence-electron chi connectivity index (χ1n) is 6.46. The predicted molar refractivity (Wildman–Crippen MR) is 70.9 cm³/mol. The first kappa shape index (κ1) is 14.9. The number of likely N-dealkylation sites (N-methyl/N-ethyl adjacent to an activating group) is 2. The van der Waals surface area contributed by atoms with Gasteiger partial charge in [-0.1, -0.05) is 6.92 Å². The Balaban J connectivity index is 2.80. The Bertz CT molecular complexity index is 323. The minimum absolute atomic E-state index is 0.0830. The molecule has 1 fully saturated rings. The number of nitriles is 1. The fourth-order valence-corrected chi connectivity index (χ4v) is 2.43. The molecule has 1 aliphatic rings. The smallest absolute Gasteiger partial charge is 0.240 e. The van der Waals surface area contributed by atoms with Gasteiger partial charge in [0.2, 0.25) is 5.91 Å². The van der Waals surface area contributed by atoms with E-state index in [0.717, 1.165) is 26.2 Å². The van der Waals surface area contributed by atoms with Crippen molar-refractivity contribution in [3.8, 4) is 6.07 Å². The maximum atomic E-state index is 12.3. The molecule has 0 bridgehead atoms. The molecule has 1 saturated heterocycles. The zero-order chi connectivity index (χ0) is 13.7. The lowest BCUT2D eigenvalue weighted by molar-refractivity contribution is -0.134. The largest absolute Gasteiger partial charge is 0.344 e. The highest BCUT2D eigenvalue weighted by atomic mass is 16.2. The van der Waals surface area contributed by atoms with E-state index in [4.69, 9.17) is 5.26 Å². The summed E-state index contributed by atoms with van der Waals surface area (Å²) < 4.78 is 0. The molecule has 1 aliphatic heterocycles. The van der Waals surface area contributed by atoms with Gasteiger partial charge in [0.25, 0.3) is 0 Å². The van der Waals surface area contributed by atoms with Crippen LogP contribution < -0.4 is 0 Å². The van der Waals surface area contributed by atoms with Gasteiger partial charge in [0.15, 0.2) is 0 Å². The number of nitrogens with zero attached hydrogens (tertiary/aromatic N) is 4. The van der Waals surface area contributed by atoms with Crippen LogP contribution in [0.1, 0.15) is 13.3 Å². The van der Waals surface area contributed by atoms with Gasteiger partial charge in [-0.15, -0.1) is 0 Å². The van der Waals surface area contributed by atoms with Crippen molar-refractivity contribution in [3.05, 3.63) is 0 Å². The molecule has 0 N–H and O–H groups in total. The summed E-state index contributed by atoms with van der Waals surface area (Å²) in [6.07, 6.45) is 0.281. The van der Waals surface area contributed by atoms with E-state index in [-0.39, 0.29) is 18.4 Å². The quantitative estimate of drug-likeness (QED) is 0.719. The fraction of sp³-hybridized carbons (Fsp3) is 0.846. The lowest BCUT2D eigenvalue weighted by Crippen LogP contribution is -2.46. The molecule has 18 heavy (non-hydrogen) atoms. The van der Waals surface area contributed by atoms with E-state index in [1.807, 2.05) is 21.1 Å².